The molecule has 1 unspecified atom stereocenters. The van der Waals surface area contributed by atoms with Crippen LogP contribution in [0.5, 0.6) is 0 Å². The van der Waals surface area contributed by atoms with Crippen molar-refractivity contribution in [1.29, 1.82) is 0 Å². The first-order valence-electron chi connectivity index (χ1n) is 5.67. The predicted molar refractivity (Wildman–Crippen MR) is 67.2 cm³/mol. The summed E-state index contributed by atoms with van der Waals surface area (Å²) in [7, 11) is -1.15. The van der Waals surface area contributed by atoms with Crippen LogP contribution in [0.25, 0.3) is 11.0 Å². The fraction of sp³-hybridized carbons (Fsp3) is 0.500. The zero-order chi connectivity index (χ0) is 12.8. The molecule has 0 aromatic carbocycles. The molecule has 1 aliphatic rings. The molecular weight excluding hydrogens is 254 g/mol. The number of nitrogens with one attached hydrogen (secondary N) is 1. The second kappa shape index (κ2) is 3.91. The van der Waals surface area contributed by atoms with Gasteiger partial charge in [-0.05, 0) is 6.42 Å². The van der Waals surface area contributed by atoms with Gasteiger partial charge in [0, 0.05) is 7.05 Å². The molecule has 2 aromatic rings. The first kappa shape index (κ1) is 11.4. The largest absolute Gasteiger partial charge is 0.372 e. The van der Waals surface area contributed by atoms with Crippen molar-refractivity contribution in [3.05, 3.63) is 12.5 Å². The summed E-state index contributed by atoms with van der Waals surface area (Å²) in [5.41, 5.74) is 0.677. The molecule has 0 amide bonds. The average Bonchev–Trinajstić information content (AvgIpc) is 2.91. The summed E-state index contributed by atoms with van der Waals surface area (Å²) >= 11 is 0. The topological polar surface area (TPSA) is 89.8 Å². The third-order valence-corrected chi connectivity index (χ3v) is 4.93. The fourth-order valence-electron chi connectivity index (χ4n) is 2.30. The minimum atomic E-state index is -2.93. The zero-order valence-electron chi connectivity index (χ0n) is 9.87. The predicted octanol–water partition coefficient (Wildman–Crippen LogP) is 0.228. The van der Waals surface area contributed by atoms with Crippen molar-refractivity contribution < 1.29 is 8.42 Å². The van der Waals surface area contributed by atoms with E-state index in [4.69, 9.17) is 0 Å². The van der Waals surface area contributed by atoms with Crippen molar-refractivity contribution in [3.8, 4) is 0 Å². The third-order valence-electron chi connectivity index (χ3n) is 3.18. The normalized spacial score (nSPS) is 22.4. The minimum Gasteiger partial charge on any atom is -0.372 e. The highest BCUT2D eigenvalue weighted by Crippen LogP contribution is 2.27. The van der Waals surface area contributed by atoms with E-state index in [2.05, 4.69) is 20.4 Å². The summed E-state index contributed by atoms with van der Waals surface area (Å²) in [6.45, 7) is 0. The Balaban J connectivity index is 2.09. The van der Waals surface area contributed by atoms with Gasteiger partial charge < -0.3 is 5.32 Å². The molecule has 3 heterocycles. The molecule has 0 bridgehead atoms. The molecule has 0 aliphatic carbocycles. The van der Waals surface area contributed by atoms with E-state index >= 15 is 0 Å². The zero-order valence-corrected chi connectivity index (χ0v) is 10.7. The third kappa shape index (κ3) is 1.72. The van der Waals surface area contributed by atoms with Gasteiger partial charge in [-0.1, -0.05) is 0 Å². The molecule has 0 saturated carbocycles. The summed E-state index contributed by atoms with van der Waals surface area (Å²) < 4.78 is 24.7. The van der Waals surface area contributed by atoms with Crippen molar-refractivity contribution in [2.24, 2.45) is 0 Å². The summed E-state index contributed by atoms with van der Waals surface area (Å²) in [6, 6.07) is -0.118. The molecule has 96 valence electrons. The van der Waals surface area contributed by atoms with Gasteiger partial charge in [-0.3, -0.25) is 0 Å². The van der Waals surface area contributed by atoms with E-state index in [0.717, 1.165) is 5.39 Å². The number of nitrogens with zero attached hydrogens (tertiary/aromatic N) is 4. The van der Waals surface area contributed by atoms with E-state index in [9.17, 15) is 8.42 Å². The molecule has 1 saturated heterocycles. The van der Waals surface area contributed by atoms with Gasteiger partial charge in [-0.2, -0.15) is 5.10 Å². The lowest BCUT2D eigenvalue weighted by molar-refractivity contribution is 0.512. The van der Waals surface area contributed by atoms with Crippen molar-refractivity contribution in [3.63, 3.8) is 0 Å². The molecule has 8 heteroatoms. The lowest BCUT2D eigenvalue weighted by Gasteiger charge is -2.09. The lowest BCUT2D eigenvalue weighted by atomic mass is 10.3. The quantitative estimate of drug-likeness (QED) is 0.837. The molecule has 1 N–H and O–H groups in total. The molecule has 3 rings (SSSR count). The molecule has 1 atom stereocenters. The van der Waals surface area contributed by atoms with Gasteiger partial charge >= 0.3 is 0 Å². The van der Waals surface area contributed by atoms with Gasteiger partial charge in [0.05, 0.1) is 29.1 Å². The first-order chi connectivity index (χ1) is 8.61. The van der Waals surface area contributed by atoms with E-state index in [1.807, 2.05) is 0 Å². The van der Waals surface area contributed by atoms with Gasteiger partial charge in [0.25, 0.3) is 0 Å². The maximum atomic E-state index is 11.5. The van der Waals surface area contributed by atoms with Gasteiger partial charge in [-0.25, -0.2) is 23.1 Å². The summed E-state index contributed by atoms with van der Waals surface area (Å²) in [6.07, 6.45) is 3.72. The Morgan fingerprint density at radius 3 is 2.94 bits per heavy atom. The standard InChI is InChI=1S/C10H13N5O2S/c1-11-9-8-4-14-15(10(8)13-6-12-9)7-2-3-18(16,17)5-7/h4,6-7H,2-3,5H2,1H3,(H,11,12,13). The molecular formula is C10H13N5O2S. The van der Waals surface area contributed by atoms with Crippen molar-refractivity contribution >= 4 is 26.7 Å². The van der Waals surface area contributed by atoms with E-state index in [1.165, 1.54) is 6.33 Å². The number of rotatable bonds is 2. The SMILES string of the molecule is CNc1ncnc2c1cnn2C1CCS(=O)(=O)C1. The molecule has 2 aromatic heterocycles. The highest BCUT2D eigenvalue weighted by Gasteiger charge is 2.31. The van der Waals surface area contributed by atoms with Crippen LogP contribution >= 0.6 is 0 Å². The molecule has 1 aliphatic heterocycles. The maximum absolute atomic E-state index is 11.5. The Morgan fingerprint density at radius 1 is 1.44 bits per heavy atom. The van der Waals surface area contributed by atoms with Gasteiger partial charge in [0.15, 0.2) is 15.5 Å². The average molecular weight is 267 g/mol. The van der Waals surface area contributed by atoms with Crippen LogP contribution in [0, 0.1) is 0 Å². The number of hydrogen-bond donors (Lipinski definition) is 1. The van der Waals surface area contributed by atoms with Crippen LogP contribution in [-0.2, 0) is 9.84 Å². The summed E-state index contributed by atoms with van der Waals surface area (Å²) in [4.78, 5) is 8.30. The van der Waals surface area contributed by atoms with Crippen LogP contribution in [-0.4, -0.2) is 46.7 Å². The number of hydrogen-bond acceptors (Lipinski definition) is 6. The number of anilines is 1. The molecule has 1 fully saturated rings. The Hall–Kier alpha value is -1.70. The smallest absolute Gasteiger partial charge is 0.163 e. The first-order valence-corrected chi connectivity index (χ1v) is 7.49. The molecule has 0 radical (unpaired) electrons. The maximum Gasteiger partial charge on any atom is 0.163 e. The molecule has 7 nitrogen and oxygen atoms in total. The van der Waals surface area contributed by atoms with Gasteiger partial charge in [0.2, 0.25) is 0 Å². The van der Waals surface area contributed by atoms with E-state index in [0.29, 0.717) is 17.9 Å². The Labute approximate surface area is 104 Å². The fourth-order valence-corrected chi connectivity index (χ4v) is 3.99. The van der Waals surface area contributed by atoms with Crippen molar-refractivity contribution in [1.82, 2.24) is 19.7 Å². The Morgan fingerprint density at radius 2 is 2.28 bits per heavy atom. The number of sulfone groups is 1. The van der Waals surface area contributed by atoms with Crippen LogP contribution in [0.4, 0.5) is 5.82 Å². The van der Waals surface area contributed by atoms with Crippen LogP contribution in [0.1, 0.15) is 12.5 Å². The van der Waals surface area contributed by atoms with Crippen LogP contribution in [0.3, 0.4) is 0 Å². The highest BCUT2D eigenvalue weighted by molar-refractivity contribution is 7.91. The van der Waals surface area contributed by atoms with Crippen molar-refractivity contribution in [2.75, 3.05) is 23.9 Å². The van der Waals surface area contributed by atoms with Crippen molar-refractivity contribution in [2.45, 2.75) is 12.5 Å². The second-order valence-corrected chi connectivity index (χ2v) is 6.58. The van der Waals surface area contributed by atoms with E-state index in [1.54, 1.807) is 17.9 Å². The van der Waals surface area contributed by atoms with Crippen LogP contribution in [0.15, 0.2) is 12.5 Å². The number of aromatic nitrogens is 4. The number of fused-ring (bicyclic) bond motifs is 1. The second-order valence-electron chi connectivity index (χ2n) is 4.36. The summed E-state index contributed by atoms with van der Waals surface area (Å²) in [5.74, 6) is 1.07. The van der Waals surface area contributed by atoms with E-state index < -0.39 is 9.84 Å². The molecule has 18 heavy (non-hydrogen) atoms. The molecule has 0 spiro atoms. The van der Waals surface area contributed by atoms with Crippen LogP contribution < -0.4 is 5.32 Å². The van der Waals surface area contributed by atoms with Gasteiger partial charge in [0.1, 0.15) is 12.1 Å². The minimum absolute atomic E-state index is 0.118. The van der Waals surface area contributed by atoms with Crippen LogP contribution in [0.2, 0.25) is 0 Å². The van der Waals surface area contributed by atoms with E-state index in [-0.39, 0.29) is 17.5 Å². The summed E-state index contributed by atoms with van der Waals surface area (Å²) in [5, 5.41) is 8.04. The lowest BCUT2D eigenvalue weighted by Crippen LogP contribution is -2.12. The van der Waals surface area contributed by atoms with Gasteiger partial charge in [-0.15, -0.1) is 0 Å². The Bertz CT molecular complexity index is 693. The monoisotopic (exact) mass is 267 g/mol. The highest BCUT2D eigenvalue weighted by atomic mass is 32.2. The Kier molecular flexibility index (Phi) is 2.47.